The predicted octanol–water partition coefficient (Wildman–Crippen LogP) is 4.51. The van der Waals surface area contributed by atoms with E-state index in [4.69, 9.17) is 11.6 Å². The first-order valence-electron chi connectivity index (χ1n) is 8.21. The summed E-state index contributed by atoms with van der Waals surface area (Å²) in [7, 11) is 0. The fourth-order valence-electron chi connectivity index (χ4n) is 2.86. The molecular formula is C19H16ClF3N2O2. The van der Waals surface area contributed by atoms with Gasteiger partial charge in [-0.15, -0.1) is 0 Å². The van der Waals surface area contributed by atoms with Crippen LogP contribution >= 0.6 is 11.6 Å². The molecule has 0 spiro atoms. The van der Waals surface area contributed by atoms with Crippen LogP contribution in [0.3, 0.4) is 0 Å². The lowest BCUT2D eigenvalue weighted by molar-refractivity contribution is -0.0816. The summed E-state index contributed by atoms with van der Waals surface area (Å²) in [5.74, 6) is -0.854. The number of hydrogen-bond donors (Lipinski definition) is 1. The Hall–Kier alpha value is -2.38. The van der Waals surface area contributed by atoms with Gasteiger partial charge in [-0.25, -0.2) is 0 Å². The summed E-state index contributed by atoms with van der Waals surface area (Å²) in [5, 5.41) is 15.4. The predicted molar refractivity (Wildman–Crippen MR) is 95.4 cm³/mol. The highest BCUT2D eigenvalue weighted by molar-refractivity contribution is 6.30. The average molecular weight is 397 g/mol. The Morgan fingerprint density at radius 3 is 2.30 bits per heavy atom. The van der Waals surface area contributed by atoms with Crippen LogP contribution in [0.4, 0.5) is 13.2 Å². The van der Waals surface area contributed by atoms with E-state index < -0.39 is 29.9 Å². The van der Waals surface area contributed by atoms with Gasteiger partial charge in [0.1, 0.15) is 5.71 Å². The maximum absolute atomic E-state index is 13.2. The van der Waals surface area contributed by atoms with E-state index in [9.17, 15) is 23.1 Å². The smallest absolute Gasteiger partial charge is 0.365 e. The van der Waals surface area contributed by atoms with Crippen LogP contribution in [0.2, 0.25) is 5.02 Å². The zero-order chi connectivity index (χ0) is 19.8. The van der Waals surface area contributed by atoms with Crippen LogP contribution in [0.15, 0.2) is 53.6 Å². The zero-order valence-electron chi connectivity index (χ0n) is 14.3. The fourth-order valence-corrected chi connectivity index (χ4v) is 2.99. The quantitative estimate of drug-likeness (QED) is 0.829. The van der Waals surface area contributed by atoms with Gasteiger partial charge in [0.05, 0.1) is 6.42 Å². The number of carbonyl (C=O) groups is 1. The van der Waals surface area contributed by atoms with Crippen LogP contribution in [0.1, 0.15) is 34.8 Å². The number of rotatable bonds is 3. The van der Waals surface area contributed by atoms with Gasteiger partial charge in [-0.2, -0.15) is 23.3 Å². The first-order chi connectivity index (χ1) is 12.6. The van der Waals surface area contributed by atoms with Gasteiger partial charge < -0.3 is 5.11 Å². The third-order valence-corrected chi connectivity index (χ3v) is 4.67. The molecule has 0 saturated heterocycles. The second-order valence-electron chi connectivity index (χ2n) is 6.21. The first kappa shape index (κ1) is 19.4. The third-order valence-electron chi connectivity index (χ3n) is 4.42. The molecule has 142 valence electrons. The number of halogens is 4. The minimum atomic E-state index is -4.76. The van der Waals surface area contributed by atoms with Crippen molar-refractivity contribution in [1.82, 2.24) is 5.01 Å². The zero-order valence-corrected chi connectivity index (χ0v) is 15.1. The lowest BCUT2D eigenvalue weighted by Gasteiger charge is -2.31. The molecule has 1 amide bonds. The van der Waals surface area contributed by atoms with Crippen LogP contribution in [-0.4, -0.2) is 27.9 Å². The van der Waals surface area contributed by atoms with Crippen molar-refractivity contribution >= 4 is 23.2 Å². The van der Waals surface area contributed by atoms with Crippen molar-refractivity contribution in [3.8, 4) is 0 Å². The largest absolute Gasteiger partial charge is 0.431 e. The maximum Gasteiger partial charge on any atom is 0.431 e. The van der Waals surface area contributed by atoms with Crippen molar-refractivity contribution < 1.29 is 23.1 Å². The van der Waals surface area contributed by atoms with Crippen molar-refractivity contribution in [3.05, 3.63) is 70.2 Å². The molecule has 0 aromatic heterocycles. The minimum Gasteiger partial charge on any atom is -0.365 e. The lowest BCUT2D eigenvalue weighted by Crippen LogP contribution is -2.43. The Labute approximate surface area is 158 Å². The molecule has 2 aromatic rings. The van der Waals surface area contributed by atoms with Gasteiger partial charge in [-0.05, 0) is 36.2 Å². The Morgan fingerprint density at radius 2 is 1.78 bits per heavy atom. The van der Waals surface area contributed by atoms with Crippen LogP contribution in [0, 0.1) is 0 Å². The standard InChI is InChI=1S/C19H16ClF3N2O2/c1-2-12-3-7-14(8-4-12)18(27)11-16(19(21,22)23)24-25(18)17(26)13-5-9-15(20)10-6-13/h3-10,27H,2,11H2,1H3/t18-/m0/s1. The Morgan fingerprint density at radius 1 is 1.19 bits per heavy atom. The molecule has 1 heterocycles. The molecule has 0 unspecified atom stereocenters. The van der Waals surface area contributed by atoms with Gasteiger partial charge in [-0.1, -0.05) is 42.8 Å². The Balaban J connectivity index is 2.05. The molecule has 4 nitrogen and oxygen atoms in total. The van der Waals surface area contributed by atoms with E-state index in [-0.39, 0.29) is 11.1 Å². The van der Waals surface area contributed by atoms with Crippen LogP contribution in [0.5, 0.6) is 0 Å². The normalized spacial score (nSPS) is 19.9. The topological polar surface area (TPSA) is 52.9 Å². The minimum absolute atomic E-state index is 0.0650. The van der Waals surface area contributed by atoms with E-state index in [1.54, 1.807) is 12.1 Å². The van der Waals surface area contributed by atoms with Crippen LogP contribution in [0.25, 0.3) is 0 Å². The van der Waals surface area contributed by atoms with E-state index in [0.29, 0.717) is 10.0 Å². The van der Waals surface area contributed by atoms with Gasteiger partial charge >= 0.3 is 6.18 Å². The fraction of sp³-hybridized carbons (Fsp3) is 0.263. The van der Waals surface area contributed by atoms with Gasteiger partial charge in [0, 0.05) is 16.1 Å². The van der Waals surface area contributed by atoms with Crippen molar-refractivity contribution in [2.75, 3.05) is 0 Å². The van der Waals surface area contributed by atoms with Crippen LogP contribution < -0.4 is 0 Å². The average Bonchev–Trinajstić information content (AvgIpc) is 3.01. The number of amides is 1. The molecule has 3 rings (SSSR count). The summed E-state index contributed by atoms with van der Waals surface area (Å²) in [5.41, 5.74) is -2.27. The monoisotopic (exact) mass is 396 g/mol. The molecule has 1 aliphatic heterocycles. The Kier molecular flexibility index (Phi) is 5.01. The second-order valence-corrected chi connectivity index (χ2v) is 6.65. The maximum atomic E-state index is 13.2. The molecule has 0 radical (unpaired) electrons. The summed E-state index contributed by atoms with van der Waals surface area (Å²) in [4.78, 5) is 12.8. The highest BCUT2D eigenvalue weighted by Gasteiger charge is 2.53. The second kappa shape index (κ2) is 6.98. The van der Waals surface area contributed by atoms with Crippen molar-refractivity contribution in [1.29, 1.82) is 0 Å². The number of alkyl halides is 3. The van der Waals surface area contributed by atoms with E-state index in [1.165, 1.54) is 36.4 Å². The number of carbonyl (C=O) groups excluding carboxylic acids is 1. The number of aryl methyl sites for hydroxylation is 1. The lowest BCUT2D eigenvalue weighted by atomic mass is 9.95. The summed E-state index contributed by atoms with van der Waals surface area (Å²) in [6.45, 7) is 1.93. The number of benzene rings is 2. The van der Waals surface area contributed by atoms with Crippen molar-refractivity contribution in [3.63, 3.8) is 0 Å². The van der Waals surface area contributed by atoms with E-state index in [1.807, 2.05) is 6.92 Å². The SMILES string of the molecule is CCc1ccc([C@@]2(O)CC(C(F)(F)F)=NN2C(=O)c2ccc(Cl)cc2)cc1. The van der Waals surface area contributed by atoms with Gasteiger partial charge in [0.2, 0.25) is 0 Å². The molecule has 8 heteroatoms. The molecule has 0 aliphatic carbocycles. The number of hydrazone groups is 1. The first-order valence-corrected chi connectivity index (χ1v) is 8.59. The highest BCUT2D eigenvalue weighted by Crippen LogP contribution is 2.40. The molecule has 0 saturated carbocycles. The highest BCUT2D eigenvalue weighted by atomic mass is 35.5. The van der Waals surface area contributed by atoms with E-state index in [0.717, 1.165) is 12.0 Å². The van der Waals surface area contributed by atoms with Gasteiger partial charge in [0.25, 0.3) is 5.91 Å². The molecule has 1 atom stereocenters. The molecule has 0 fully saturated rings. The van der Waals surface area contributed by atoms with Crippen molar-refractivity contribution in [2.45, 2.75) is 31.7 Å². The summed E-state index contributed by atoms with van der Waals surface area (Å²) < 4.78 is 39.7. The van der Waals surface area contributed by atoms with E-state index in [2.05, 4.69) is 5.10 Å². The molecule has 1 aliphatic rings. The number of aliphatic hydroxyl groups is 1. The molecule has 27 heavy (non-hydrogen) atoms. The molecule has 0 bridgehead atoms. The van der Waals surface area contributed by atoms with Crippen LogP contribution in [-0.2, 0) is 12.1 Å². The summed E-state index contributed by atoms with van der Waals surface area (Å²) >= 11 is 5.79. The summed E-state index contributed by atoms with van der Waals surface area (Å²) in [6, 6.07) is 12.0. The molecule has 1 N–H and O–H groups in total. The number of hydrogen-bond acceptors (Lipinski definition) is 3. The van der Waals surface area contributed by atoms with Gasteiger partial charge in [0.15, 0.2) is 5.72 Å². The van der Waals surface area contributed by atoms with E-state index >= 15 is 0 Å². The Bertz CT molecular complexity index is 879. The third kappa shape index (κ3) is 3.70. The number of nitrogens with zero attached hydrogens (tertiary/aromatic N) is 2. The molecule has 2 aromatic carbocycles. The van der Waals surface area contributed by atoms with Gasteiger partial charge in [-0.3, -0.25) is 4.79 Å². The van der Waals surface area contributed by atoms with Crippen molar-refractivity contribution in [2.24, 2.45) is 5.10 Å². The summed E-state index contributed by atoms with van der Waals surface area (Å²) in [6.07, 6.45) is -4.87. The molecular weight excluding hydrogens is 381 g/mol.